The molecule has 0 aromatic carbocycles. The number of amides is 1. The molecule has 1 amide bonds. The lowest BCUT2D eigenvalue weighted by molar-refractivity contribution is -0.153. The number of hydrogen-bond donors (Lipinski definition) is 1. The summed E-state index contributed by atoms with van der Waals surface area (Å²) in [5.74, 6) is -0.368. The molecule has 1 N–H and O–H groups in total. The minimum atomic E-state index is -0.666. The van der Waals surface area contributed by atoms with Crippen LogP contribution in [0.5, 0.6) is 0 Å². The Morgan fingerprint density at radius 2 is 1.86 bits per heavy atom. The van der Waals surface area contributed by atoms with Crippen molar-refractivity contribution in [3.8, 4) is 0 Å². The molecule has 6 heteroatoms. The Morgan fingerprint density at radius 3 is 2.38 bits per heavy atom. The molecule has 1 unspecified atom stereocenters. The van der Waals surface area contributed by atoms with Gasteiger partial charge in [0.1, 0.15) is 17.7 Å². The van der Waals surface area contributed by atoms with Crippen molar-refractivity contribution in [3.05, 3.63) is 0 Å². The van der Waals surface area contributed by atoms with Crippen molar-refractivity contribution >= 4 is 28.0 Å². The number of ether oxygens (including phenoxy) is 2. The fourth-order valence-electron chi connectivity index (χ4n) is 2.24. The Bertz CT molecular complexity index is 348. The van der Waals surface area contributed by atoms with Gasteiger partial charge in [-0.1, -0.05) is 22.4 Å². The van der Waals surface area contributed by atoms with Crippen molar-refractivity contribution in [2.45, 2.75) is 77.0 Å². The number of carbonyl (C=O) groups excluding carboxylic acids is 2. The molecule has 5 nitrogen and oxygen atoms in total. The standard InChI is InChI=1S/C15H26BrNO4/c1-15(2,3)21-14(19)17-12(9-10-16)13(18)20-11-7-5-4-6-8-11/h11-12H,4-10H2,1-3H3,(H,17,19). The predicted octanol–water partition coefficient (Wildman–Crippen LogP) is 3.54. The Kier molecular flexibility index (Phi) is 7.49. The Labute approximate surface area is 135 Å². The van der Waals surface area contributed by atoms with E-state index in [1.807, 2.05) is 0 Å². The molecule has 122 valence electrons. The van der Waals surface area contributed by atoms with Crippen LogP contribution < -0.4 is 5.32 Å². The minimum absolute atomic E-state index is 0.00971. The third-order valence-electron chi connectivity index (χ3n) is 3.21. The van der Waals surface area contributed by atoms with Gasteiger partial charge >= 0.3 is 12.1 Å². The van der Waals surface area contributed by atoms with E-state index in [0.29, 0.717) is 11.8 Å². The summed E-state index contributed by atoms with van der Waals surface area (Å²) in [6, 6.07) is -0.666. The SMILES string of the molecule is CC(C)(C)OC(=O)NC(CCBr)C(=O)OC1CCCCC1. The third kappa shape index (κ3) is 7.69. The molecule has 1 aliphatic carbocycles. The Hall–Kier alpha value is -0.780. The summed E-state index contributed by atoms with van der Waals surface area (Å²) in [7, 11) is 0. The van der Waals surface area contributed by atoms with E-state index >= 15 is 0 Å². The van der Waals surface area contributed by atoms with Gasteiger partial charge in [-0.3, -0.25) is 0 Å². The molecule has 0 spiro atoms. The first kappa shape index (κ1) is 18.3. The molecule has 0 heterocycles. The van der Waals surface area contributed by atoms with E-state index in [9.17, 15) is 9.59 Å². The summed E-state index contributed by atoms with van der Waals surface area (Å²) in [5.41, 5.74) is -0.587. The maximum Gasteiger partial charge on any atom is 0.408 e. The zero-order chi connectivity index (χ0) is 15.9. The second-order valence-corrected chi connectivity index (χ2v) is 7.17. The van der Waals surface area contributed by atoms with Crippen LogP contribution in [0.4, 0.5) is 4.79 Å². The fourth-order valence-corrected chi connectivity index (χ4v) is 2.70. The van der Waals surface area contributed by atoms with Crippen molar-refractivity contribution in [2.24, 2.45) is 0 Å². The first-order chi connectivity index (χ1) is 9.81. The number of alkyl halides is 1. The largest absolute Gasteiger partial charge is 0.461 e. The first-order valence-electron chi connectivity index (χ1n) is 7.58. The fraction of sp³-hybridized carbons (Fsp3) is 0.867. The van der Waals surface area contributed by atoms with Crippen molar-refractivity contribution < 1.29 is 19.1 Å². The van der Waals surface area contributed by atoms with Crippen molar-refractivity contribution in [2.75, 3.05) is 5.33 Å². The van der Waals surface area contributed by atoms with Gasteiger partial charge in [0.15, 0.2) is 0 Å². The lowest BCUT2D eigenvalue weighted by Crippen LogP contribution is -2.45. The zero-order valence-corrected chi connectivity index (χ0v) is 14.7. The van der Waals surface area contributed by atoms with Gasteiger partial charge in [0.05, 0.1) is 0 Å². The van der Waals surface area contributed by atoms with Crippen LogP contribution in [0.15, 0.2) is 0 Å². The number of hydrogen-bond acceptors (Lipinski definition) is 4. The van der Waals surface area contributed by atoms with Crippen molar-refractivity contribution in [3.63, 3.8) is 0 Å². The summed E-state index contributed by atoms with van der Waals surface area (Å²) in [5, 5.41) is 3.20. The Morgan fingerprint density at radius 1 is 1.24 bits per heavy atom. The predicted molar refractivity (Wildman–Crippen MR) is 84.5 cm³/mol. The van der Waals surface area contributed by atoms with Gasteiger partial charge in [-0.15, -0.1) is 0 Å². The van der Waals surface area contributed by atoms with E-state index in [-0.39, 0.29) is 12.1 Å². The summed E-state index contributed by atoms with van der Waals surface area (Å²) in [6.07, 6.45) is 5.11. The average Bonchev–Trinajstić information content (AvgIpc) is 2.37. The van der Waals surface area contributed by atoms with E-state index in [1.54, 1.807) is 20.8 Å². The topological polar surface area (TPSA) is 64.6 Å². The highest BCUT2D eigenvalue weighted by atomic mass is 79.9. The van der Waals surface area contributed by atoms with Crippen LogP contribution in [-0.4, -0.2) is 35.1 Å². The van der Waals surface area contributed by atoms with Gasteiger partial charge < -0.3 is 14.8 Å². The molecule has 21 heavy (non-hydrogen) atoms. The Balaban J connectivity index is 2.50. The maximum atomic E-state index is 12.2. The maximum absolute atomic E-state index is 12.2. The van der Waals surface area contributed by atoms with Crippen LogP contribution >= 0.6 is 15.9 Å². The molecule has 0 aromatic heterocycles. The van der Waals surface area contributed by atoms with Gasteiger partial charge in [0.2, 0.25) is 0 Å². The summed E-state index contributed by atoms with van der Waals surface area (Å²) in [6.45, 7) is 5.35. The highest BCUT2D eigenvalue weighted by Crippen LogP contribution is 2.21. The van der Waals surface area contributed by atoms with Gasteiger partial charge in [-0.05, 0) is 52.9 Å². The number of nitrogens with one attached hydrogen (secondary N) is 1. The number of alkyl carbamates (subject to hydrolysis) is 1. The molecule has 0 saturated heterocycles. The van der Waals surface area contributed by atoms with Crippen molar-refractivity contribution in [1.29, 1.82) is 0 Å². The van der Waals surface area contributed by atoms with Crippen LogP contribution in [0.25, 0.3) is 0 Å². The van der Waals surface area contributed by atoms with E-state index in [4.69, 9.17) is 9.47 Å². The highest BCUT2D eigenvalue weighted by Gasteiger charge is 2.27. The number of carbonyl (C=O) groups is 2. The molecular formula is C15H26BrNO4. The molecule has 1 aliphatic rings. The number of rotatable bonds is 5. The van der Waals surface area contributed by atoms with Crippen molar-refractivity contribution in [1.82, 2.24) is 5.32 Å². The van der Waals surface area contributed by atoms with Gasteiger partial charge in [-0.25, -0.2) is 9.59 Å². The molecule has 1 rings (SSSR count). The molecule has 0 bridgehead atoms. The zero-order valence-electron chi connectivity index (χ0n) is 13.1. The molecule has 1 atom stereocenters. The van der Waals surface area contributed by atoms with Crippen LogP contribution in [0, 0.1) is 0 Å². The highest BCUT2D eigenvalue weighted by molar-refractivity contribution is 9.09. The second-order valence-electron chi connectivity index (χ2n) is 6.37. The van der Waals surface area contributed by atoms with E-state index in [1.165, 1.54) is 6.42 Å². The normalized spacial score (nSPS) is 17.9. The smallest absolute Gasteiger partial charge is 0.408 e. The molecular weight excluding hydrogens is 338 g/mol. The van der Waals surface area contributed by atoms with Crippen LogP contribution in [0.1, 0.15) is 59.3 Å². The van der Waals surface area contributed by atoms with E-state index in [2.05, 4.69) is 21.2 Å². The van der Waals surface area contributed by atoms with E-state index < -0.39 is 17.7 Å². The van der Waals surface area contributed by atoms with Crippen LogP contribution in [-0.2, 0) is 14.3 Å². The number of esters is 1. The van der Waals surface area contributed by atoms with Crippen LogP contribution in [0.2, 0.25) is 0 Å². The lowest BCUT2D eigenvalue weighted by Gasteiger charge is -2.26. The van der Waals surface area contributed by atoms with Crippen LogP contribution in [0.3, 0.4) is 0 Å². The van der Waals surface area contributed by atoms with E-state index in [0.717, 1.165) is 25.7 Å². The monoisotopic (exact) mass is 363 g/mol. The second kappa shape index (κ2) is 8.61. The molecule has 1 saturated carbocycles. The molecule has 0 aromatic rings. The molecule has 0 radical (unpaired) electrons. The van der Waals surface area contributed by atoms with Gasteiger partial charge in [0, 0.05) is 5.33 Å². The average molecular weight is 364 g/mol. The molecule has 0 aliphatic heterocycles. The third-order valence-corrected chi connectivity index (χ3v) is 3.67. The molecule has 1 fully saturated rings. The lowest BCUT2D eigenvalue weighted by atomic mass is 9.98. The minimum Gasteiger partial charge on any atom is -0.461 e. The quantitative estimate of drug-likeness (QED) is 0.599. The van der Waals surface area contributed by atoms with Gasteiger partial charge in [-0.2, -0.15) is 0 Å². The summed E-state index contributed by atoms with van der Waals surface area (Å²) >= 11 is 3.29. The number of halogens is 1. The summed E-state index contributed by atoms with van der Waals surface area (Å²) < 4.78 is 10.7. The summed E-state index contributed by atoms with van der Waals surface area (Å²) in [4.78, 5) is 24.0. The van der Waals surface area contributed by atoms with Gasteiger partial charge in [0.25, 0.3) is 0 Å². The first-order valence-corrected chi connectivity index (χ1v) is 8.70.